The van der Waals surface area contributed by atoms with E-state index in [1.807, 2.05) is 24.3 Å². The average molecular weight is 383 g/mol. The summed E-state index contributed by atoms with van der Waals surface area (Å²) in [6.45, 7) is 1.32. The van der Waals surface area contributed by atoms with Gasteiger partial charge in [-0.2, -0.15) is 5.26 Å². The number of rotatable bonds is 6. The molecule has 3 aromatic carbocycles. The number of nitrogens with two attached hydrogens (primary N) is 1. The van der Waals surface area contributed by atoms with Crippen LogP contribution < -0.4 is 10.5 Å². The third-order valence-electron chi connectivity index (χ3n) is 5.80. The van der Waals surface area contributed by atoms with Gasteiger partial charge in [-0.3, -0.25) is 0 Å². The Kier molecular flexibility index (Phi) is 5.93. The molecule has 0 saturated heterocycles. The van der Waals surface area contributed by atoms with E-state index in [1.165, 1.54) is 17.5 Å². The van der Waals surface area contributed by atoms with E-state index in [1.54, 1.807) is 0 Å². The van der Waals surface area contributed by atoms with E-state index in [4.69, 9.17) is 10.5 Å². The van der Waals surface area contributed by atoms with E-state index in [9.17, 15) is 5.26 Å². The van der Waals surface area contributed by atoms with Crippen molar-refractivity contribution in [2.24, 2.45) is 11.7 Å². The molecule has 2 N–H and O–H groups in total. The van der Waals surface area contributed by atoms with Crippen molar-refractivity contribution < 1.29 is 4.74 Å². The van der Waals surface area contributed by atoms with Crippen LogP contribution in [0.3, 0.4) is 0 Å². The number of nitriles is 1. The highest BCUT2D eigenvalue weighted by molar-refractivity contribution is 5.70. The molecule has 1 atom stereocenters. The molecule has 1 aliphatic carbocycles. The highest BCUT2D eigenvalue weighted by Crippen LogP contribution is 2.30. The SMILES string of the molecule is N#Cc1ccccc1-c1ccc(COc2ccc3c(c2)CCC(CCN)C3)cc1. The van der Waals surface area contributed by atoms with Crippen LogP contribution in [0.1, 0.15) is 35.1 Å². The third-order valence-corrected chi connectivity index (χ3v) is 5.80. The zero-order valence-electron chi connectivity index (χ0n) is 16.6. The first-order valence-electron chi connectivity index (χ1n) is 10.3. The lowest BCUT2D eigenvalue weighted by Gasteiger charge is -2.24. The van der Waals surface area contributed by atoms with Gasteiger partial charge in [0.2, 0.25) is 0 Å². The predicted octanol–water partition coefficient (Wildman–Crippen LogP) is 5.26. The molecule has 0 fully saturated rings. The van der Waals surface area contributed by atoms with Crippen molar-refractivity contribution in [2.75, 3.05) is 6.54 Å². The Morgan fingerprint density at radius 1 is 1.00 bits per heavy atom. The molecule has 4 rings (SSSR count). The van der Waals surface area contributed by atoms with Gasteiger partial charge < -0.3 is 10.5 Å². The number of ether oxygens (including phenoxy) is 1. The van der Waals surface area contributed by atoms with Crippen LogP contribution in [0.25, 0.3) is 11.1 Å². The van der Waals surface area contributed by atoms with Crippen molar-refractivity contribution in [2.45, 2.75) is 32.3 Å². The Bertz CT molecular complexity index is 1020. The van der Waals surface area contributed by atoms with Crippen LogP contribution >= 0.6 is 0 Å². The molecule has 29 heavy (non-hydrogen) atoms. The topological polar surface area (TPSA) is 59.0 Å². The van der Waals surface area contributed by atoms with Crippen LogP contribution in [0, 0.1) is 17.2 Å². The molecule has 3 aromatic rings. The van der Waals surface area contributed by atoms with Crippen molar-refractivity contribution in [3.8, 4) is 22.9 Å². The second-order valence-electron chi connectivity index (χ2n) is 7.76. The van der Waals surface area contributed by atoms with Gasteiger partial charge in [-0.15, -0.1) is 0 Å². The van der Waals surface area contributed by atoms with Crippen molar-refractivity contribution in [1.29, 1.82) is 5.26 Å². The number of aryl methyl sites for hydroxylation is 1. The minimum absolute atomic E-state index is 0.536. The Balaban J connectivity index is 1.40. The number of fused-ring (bicyclic) bond motifs is 1. The van der Waals surface area contributed by atoms with E-state index in [0.29, 0.717) is 12.2 Å². The Morgan fingerprint density at radius 2 is 1.83 bits per heavy atom. The molecule has 0 radical (unpaired) electrons. The van der Waals surface area contributed by atoms with Crippen LogP contribution in [-0.4, -0.2) is 6.54 Å². The molecule has 0 aliphatic heterocycles. The predicted molar refractivity (Wildman–Crippen MR) is 117 cm³/mol. The summed E-state index contributed by atoms with van der Waals surface area (Å²) in [6.07, 6.45) is 4.59. The summed E-state index contributed by atoms with van der Waals surface area (Å²) in [4.78, 5) is 0. The number of hydrogen-bond acceptors (Lipinski definition) is 3. The van der Waals surface area contributed by atoms with E-state index in [0.717, 1.165) is 54.2 Å². The van der Waals surface area contributed by atoms with Gasteiger partial charge in [0, 0.05) is 0 Å². The van der Waals surface area contributed by atoms with Crippen molar-refractivity contribution >= 4 is 0 Å². The fourth-order valence-corrected chi connectivity index (χ4v) is 4.16. The van der Waals surface area contributed by atoms with Crippen LogP contribution in [-0.2, 0) is 19.4 Å². The summed E-state index contributed by atoms with van der Waals surface area (Å²) in [6, 6.07) is 24.7. The average Bonchev–Trinajstić information content (AvgIpc) is 2.78. The first kappa shape index (κ1) is 19.2. The van der Waals surface area contributed by atoms with E-state index in [-0.39, 0.29) is 0 Å². The fourth-order valence-electron chi connectivity index (χ4n) is 4.16. The summed E-state index contributed by atoms with van der Waals surface area (Å²) >= 11 is 0. The second-order valence-corrected chi connectivity index (χ2v) is 7.76. The van der Waals surface area contributed by atoms with E-state index in [2.05, 4.69) is 48.5 Å². The molecule has 0 heterocycles. The minimum atomic E-state index is 0.536. The Morgan fingerprint density at radius 3 is 2.62 bits per heavy atom. The normalized spacial score (nSPS) is 15.4. The van der Waals surface area contributed by atoms with Crippen molar-refractivity contribution in [3.63, 3.8) is 0 Å². The lowest BCUT2D eigenvalue weighted by Crippen LogP contribution is -2.17. The zero-order valence-corrected chi connectivity index (χ0v) is 16.6. The smallest absolute Gasteiger partial charge is 0.120 e. The standard InChI is InChI=1S/C26H26N2O/c27-14-13-19-5-10-23-16-25(12-11-22(23)15-19)29-18-20-6-8-21(9-7-20)26-4-2-1-3-24(26)17-28/h1-4,6-9,11-12,16,19H,5,10,13-15,18,27H2. The molecular formula is C26H26N2O. The molecule has 0 bridgehead atoms. The van der Waals surface area contributed by atoms with Gasteiger partial charge in [0.25, 0.3) is 0 Å². The van der Waals surface area contributed by atoms with Crippen molar-refractivity contribution in [3.05, 3.63) is 89.0 Å². The summed E-state index contributed by atoms with van der Waals surface area (Å²) in [5.74, 6) is 1.66. The second kappa shape index (κ2) is 8.94. The number of hydrogen-bond donors (Lipinski definition) is 1. The summed E-state index contributed by atoms with van der Waals surface area (Å²) < 4.78 is 6.05. The molecule has 1 unspecified atom stereocenters. The molecule has 0 aromatic heterocycles. The van der Waals surface area contributed by atoms with Gasteiger partial charge in [-0.1, -0.05) is 48.5 Å². The zero-order chi connectivity index (χ0) is 20.1. The summed E-state index contributed by atoms with van der Waals surface area (Å²) in [5, 5.41) is 9.29. The quantitative estimate of drug-likeness (QED) is 0.633. The van der Waals surface area contributed by atoms with Crippen LogP contribution in [0.2, 0.25) is 0 Å². The van der Waals surface area contributed by atoms with Gasteiger partial charge >= 0.3 is 0 Å². The summed E-state index contributed by atoms with van der Waals surface area (Å²) in [5.41, 5.74) is 12.4. The van der Waals surface area contributed by atoms with E-state index < -0.39 is 0 Å². The van der Waals surface area contributed by atoms with Gasteiger partial charge in [0.1, 0.15) is 12.4 Å². The number of benzene rings is 3. The Hall–Kier alpha value is -3.09. The maximum atomic E-state index is 9.29. The first-order valence-corrected chi connectivity index (χ1v) is 10.3. The lowest BCUT2D eigenvalue weighted by atomic mass is 9.82. The molecule has 3 nitrogen and oxygen atoms in total. The number of nitrogens with zero attached hydrogens (tertiary/aromatic N) is 1. The highest BCUT2D eigenvalue weighted by atomic mass is 16.5. The highest BCUT2D eigenvalue weighted by Gasteiger charge is 2.18. The van der Waals surface area contributed by atoms with Gasteiger partial charge in [0.15, 0.2) is 0 Å². The molecule has 0 saturated carbocycles. The maximum Gasteiger partial charge on any atom is 0.120 e. The molecule has 146 valence electrons. The fraction of sp³-hybridized carbons (Fsp3) is 0.269. The Labute approximate surface area is 172 Å². The van der Waals surface area contributed by atoms with Crippen molar-refractivity contribution in [1.82, 2.24) is 0 Å². The molecule has 1 aliphatic rings. The summed E-state index contributed by atoms with van der Waals surface area (Å²) in [7, 11) is 0. The van der Waals surface area contributed by atoms with Crippen LogP contribution in [0.15, 0.2) is 66.7 Å². The van der Waals surface area contributed by atoms with E-state index >= 15 is 0 Å². The van der Waals surface area contributed by atoms with Gasteiger partial charge in [-0.05, 0) is 84.2 Å². The third kappa shape index (κ3) is 4.50. The molecule has 0 amide bonds. The monoisotopic (exact) mass is 382 g/mol. The molecule has 3 heteroatoms. The first-order chi connectivity index (χ1) is 14.3. The molecular weight excluding hydrogens is 356 g/mol. The van der Waals surface area contributed by atoms with Gasteiger partial charge in [0.05, 0.1) is 11.6 Å². The molecule has 0 spiro atoms. The maximum absolute atomic E-state index is 9.29. The minimum Gasteiger partial charge on any atom is -0.489 e. The lowest BCUT2D eigenvalue weighted by molar-refractivity contribution is 0.305. The van der Waals surface area contributed by atoms with Crippen LogP contribution in [0.4, 0.5) is 0 Å². The van der Waals surface area contributed by atoms with Crippen LogP contribution in [0.5, 0.6) is 5.75 Å². The largest absolute Gasteiger partial charge is 0.489 e. The van der Waals surface area contributed by atoms with Gasteiger partial charge in [-0.25, -0.2) is 0 Å².